The third-order valence-electron chi connectivity index (χ3n) is 5.00. The highest BCUT2D eigenvalue weighted by Gasteiger charge is 2.46. The molecule has 4 rings (SSSR count). The Morgan fingerprint density at radius 2 is 1.80 bits per heavy atom. The number of likely N-dealkylation sites (tertiary alicyclic amines) is 1. The summed E-state index contributed by atoms with van der Waals surface area (Å²) >= 11 is 6.01. The molecule has 3 aromatic rings. The number of carbonyl (C=O) groups is 2. The monoisotopic (exact) mass is 423 g/mol. The van der Waals surface area contributed by atoms with E-state index in [1.165, 1.54) is 18.3 Å². The molecule has 1 fully saturated rings. The smallest absolute Gasteiger partial charge is 0.296 e. The van der Waals surface area contributed by atoms with Gasteiger partial charge in [-0.1, -0.05) is 23.7 Å². The zero-order valence-corrected chi connectivity index (χ0v) is 16.8. The Labute approximate surface area is 177 Å². The Balaban J connectivity index is 1.84. The summed E-state index contributed by atoms with van der Waals surface area (Å²) in [5, 5.41) is 11.5. The topological polar surface area (TPSA) is 80.0 Å². The number of carbonyl (C=O) groups excluding carboxylic acids is 2. The fourth-order valence-electron chi connectivity index (χ4n) is 3.51. The third-order valence-corrected chi connectivity index (χ3v) is 5.25. The summed E-state index contributed by atoms with van der Waals surface area (Å²) in [5.41, 5.74) is 1.07. The minimum Gasteiger partial charge on any atom is -0.507 e. The molecule has 1 aliphatic rings. The number of nitrogens with zero attached hydrogens (tertiary/aromatic N) is 1. The maximum atomic E-state index is 12.9. The Hall–Kier alpha value is -3.51. The van der Waals surface area contributed by atoms with Crippen molar-refractivity contribution in [3.05, 3.63) is 94.4 Å². The number of halogens is 1. The molecule has 0 bridgehead atoms. The van der Waals surface area contributed by atoms with Crippen molar-refractivity contribution in [3.8, 4) is 5.75 Å². The van der Waals surface area contributed by atoms with Gasteiger partial charge in [-0.15, -0.1) is 0 Å². The molecule has 0 unspecified atom stereocenters. The van der Waals surface area contributed by atoms with Crippen LogP contribution in [0.15, 0.2) is 76.9 Å². The summed E-state index contributed by atoms with van der Waals surface area (Å²) in [4.78, 5) is 27.2. The van der Waals surface area contributed by atoms with Crippen LogP contribution in [0, 0.1) is 0 Å². The highest BCUT2D eigenvalue weighted by molar-refractivity contribution is 6.46. The molecule has 0 spiro atoms. The number of ether oxygens (including phenoxy) is 1. The van der Waals surface area contributed by atoms with E-state index in [1.54, 1.807) is 60.7 Å². The molecule has 0 aliphatic carbocycles. The predicted octanol–water partition coefficient (Wildman–Crippen LogP) is 4.56. The largest absolute Gasteiger partial charge is 0.507 e. The molecule has 2 heterocycles. The van der Waals surface area contributed by atoms with Crippen LogP contribution in [0.3, 0.4) is 0 Å². The van der Waals surface area contributed by atoms with Gasteiger partial charge in [0.05, 0.1) is 31.5 Å². The fourth-order valence-corrected chi connectivity index (χ4v) is 3.64. The standard InChI is InChI=1S/C23H18ClNO5/c1-29-17-10-6-15(7-11-17)21(26)19-20(14-4-8-16(24)9-5-14)25(23(28)22(19)27)13-18-3-2-12-30-18/h2-12,20,26H,13H2,1H3/t20-/m1/s1. The van der Waals surface area contributed by atoms with Crippen LogP contribution in [0.4, 0.5) is 0 Å². The lowest BCUT2D eigenvalue weighted by Crippen LogP contribution is -2.29. The second-order valence-corrected chi connectivity index (χ2v) is 7.22. The summed E-state index contributed by atoms with van der Waals surface area (Å²) in [5.74, 6) is -0.575. The van der Waals surface area contributed by atoms with Crippen LogP contribution in [-0.4, -0.2) is 28.8 Å². The average Bonchev–Trinajstić information content (AvgIpc) is 3.36. The van der Waals surface area contributed by atoms with Crippen LogP contribution < -0.4 is 4.74 Å². The van der Waals surface area contributed by atoms with Gasteiger partial charge in [-0.2, -0.15) is 0 Å². The zero-order chi connectivity index (χ0) is 21.3. The van der Waals surface area contributed by atoms with Gasteiger partial charge >= 0.3 is 0 Å². The maximum absolute atomic E-state index is 12.9. The van der Waals surface area contributed by atoms with E-state index in [0.29, 0.717) is 27.7 Å². The van der Waals surface area contributed by atoms with Crippen LogP contribution >= 0.6 is 11.6 Å². The van der Waals surface area contributed by atoms with Crippen LogP contribution in [0.5, 0.6) is 5.75 Å². The molecule has 30 heavy (non-hydrogen) atoms. The molecular formula is C23H18ClNO5. The van der Waals surface area contributed by atoms with E-state index in [1.807, 2.05) is 0 Å². The van der Waals surface area contributed by atoms with Gasteiger partial charge in [0.25, 0.3) is 11.7 Å². The van der Waals surface area contributed by atoms with Gasteiger partial charge in [0, 0.05) is 10.6 Å². The van der Waals surface area contributed by atoms with Crippen molar-refractivity contribution in [1.82, 2.24) is 4.90 Å². The summed E-state index contributed by atoms with van der Waals surface area (Å²) in [7, 11) is 1.54. The Morgan fingerprint density at radius 3 is 2.40 bits per heavy atom. The molecule has 152 valence electrons. The first-order valence-electron chi connectivity index (χ1n) is 9.20. The highest BCUT2D eigenvalue weighted by atomic mass is 35.5. The number of aliphatic hydroxyl groups is 1. The molecule has 1 N–H and O–H groups in total. The minimum absolute atomic E-state index is 0.0130. The van der Waals surface area contributed by atoms with Crippen LogP contribution in [-0.2, 0) is 16.1 Å². The molecule has 1 amide bonds. The van der Waals surface area contributed by atoms with E-state index >= 15 is 0 Å². The quantitative estimate of drug-likeness (QED) is 0.369. The second kappa shape index (κ2) is 8.08. The zero-order valence-electron chi connectivity index (χ0n) is 16.0. The van der Waals surface area contributed by atoms with Gasteiger partial charge < -0.3 is 19.2 Å². The average molecular weight is 424 g/mol. The highest BCUT2D eigenvalue weighted by Crippen LogP contribution is 2.40. The molecule has 0 saturated carbocycles. The number of Topliss-reactive ketones (excluding diaryl/α,β-unsaturated/α-hetero) is 1. The first kappa shape index (κ1) is 19.8. The number of ketones is 1. The van der Waals surface area contributed by atoms with Crippen LogP contribution in [0.25, 0.3) is 5.76 Å². The summed E-state index contributed by atoms with van der Waals surface area (Å²) in [6, 6.07) is 16.1. The number of furan rings is 1. The Kier molecular flexibility index (Phi) is 5.33. The van der Waals surface area contributed by atoms with Crippen molar-refractivity contribution in [2.75, 3.05) is 7.11 Å². The normalized spacial score (nSPS) is 18.1. The Bertz CT molecular complexity index is 1100. The lowest BCUT2D eigenvalue weighted by Gasteiger charge is -2.24. The third kappa shape index (κ3) is 3.57. The van der Waals surface area contributed by atoms with Crippen molar-refractivity contribution in [2.24, 2.45) is 0 Å². The lowest BCUT2D eigenvalue weighted by molar-refractivity contribution is -0.140. The number of hydrogen-bond acceptors (Lipinski definition) is 5. The van der Waals surface area contributed by atoms with E-state index < -0.39 is 17.7 Å². The number of aliphatic hydroxyl groups excluding tert-OH is 1. The van der Waals surface area contributed by atoms with Crippen molar-refractivity contribution in [1.29, 1.82) is 0 Å². The summed E-state index contributed by atoms with van der Waals surface area (Å²) in [6.07, 6.45) is 1.50. The molecule has 7 heteroatoms. The second-order valence-electron chi connectivity index (χ2n) is 6.79. The predicted molar refractivity (Wildman–Crippen MR) is 111 cm³/mol. The van der Waals surface area contributed by atoms with Gasteiger partial charge in [0.15, 0.2) is 0 Å². The molecule has 1 saturated heterocycles. The van der Waals surface area contributed by atoms with E-state index in [4.69, 9.17) is 20.8 Å². The molecule has 1 aromatic heterocycles. The van der Waals surface area contributed by atoms with Crippen molar-refractivity contribution < 1.29 is 23.8 Å². The molecule has 0 radical (unpaired) electrons. The Morgan fingerprint density at radius 1 is 1.10 bits per heavy atom. The van der Waals surface area contributed by atoms with E-state index in [0.717, 1.165) is 0 Å². The molecule has 2 aromatic carbocycles. The minimum atomic E-state index is -0.783. The van der Waals surface area contributed by atoms with Crippen molar-refractivity contribution in [3.63, 3.8) is 0 Å². The number of rotatable bonds is 5. The van der Waals surface area contributed by atoms with Crippen molar-refractivity contribution >= 4 is 29.1 Å². The van der Waals surface area contributed by atoms with Gasteiger partial charge in [-0.05, 0) is 54.1 Å². The number of benzene rings is 2. The van der Waals surface area contributed by atoms with Gasteiger partial charge in [0.1, 0.15) is 17.3 Å². The molecule has 1 atom stereocenters. The fraction of sp³-hybridized carbons (Fsp3) is 0.130. The first-order chi connectivity index (χ1) is 14.5. The van der Waals surface area contributed by atoms with E-state index in [2.05, 4.69) is 0 Å². The number of methoxy groups -OCH3 is 1. The number of hydrogen-bond donors (Lipinski definition) is 1. The van der Waals surface area contributed by atoms with Gasteiger partial charge in [0.2, 0.25) is 0 Å². The maximum Gasteiger partial charge on any atom is 0.296 e. The van der Waals surface area contributed by atoms with E-state index in [-0.39, 0.29) is 17.9 Å². The molecule has 1 aliphatic heterocycles. The summed E-state index contributed by atoms with van der Waals surface area (Å²) < 4.78 is 10.5. The first-order valence-corrected chi connectivity index (χ1v) is 9.58. The van der Waals surface area contributed by atoms with Gasteiger partial charge in [-0.25, -0.2) is 0 Å². The van der Waals surface area contributed by atoms with Gasteiger partial charge in [-0.3, -0.25) is 9.59 Å². The number of amides is 1. The van der Waals surface area contributed by atoms with Crippen LogP contribution in [0.1, 0.15) is 22.9 Å². The van der Waals surface area contributed by atoms with E-state index in [9.17, 15) is 14.7 Å². The lowest BCUT2D eigenvalue weighted by atomic mass is 9.95. The molecular weight excluding hydrogens is 406 g/mol. The summed E-state index contributed by atoms with van der Waals surface area (Å²) in [6.45, 7) is 0.0876. The van der Waals surface area contributed by atoms with Crippen LogP contribution in [0.2, 0.25) is 5.02 Å². The SMILES string of the molecule is COc1ccc(C(O)=C2C(=O)C(=O)N(Cc3ccco3)[C@@H]2c2ccc(Cl)cc2)cc1. The molecule has 6 nitrogen and oxygen atoms in total. The van der Waals surface area contributed by atoms with Crippen molar-refractivity contribution in [2.45, 2.75) is 12.6 Å².